The first-order valence-corrected chi connectivity index (χ1v) is 6.86. The number of carbonyl (C=O) groups excluding carboxylic acids is 2. The zero-order valence-electron chi connectivity index (χ0n) is 11.0. The Morgan fingerprint density at radius 2 is 2.10 bits per heavy atom. The van der Waals surface area contributed by atoms with Gasteiger partial charge in [0.15, 0.2) is 0 Å². The molecule has 0 spiro atoms. The molecule has 1 heterocycles. The highest BCUT2D eigenvalue weighted by molar-refractivity contribution is 6.30. The van der Waals surface area contributed by atoms with E-state index >= 15 is 0 Å². The number of amides is 2. The van der Waals surface area contributed by atoms with E-state index in [2.05, 4.69) is 5.32 Å². The predicted molar refractivity (Wildman–Crippen MR) is 75.2 cm³/mol. The maximum atomic E-state index is 12.0. The van der Waals surface area contributed by atoms with E-state index in [1.807, 2.05) is 12.1 Å². The van der Waals surface area contributed by atoms with Crippen molar-refractivity contribution in [3.8, 4) is 0 Å². The minimum absolute atomic E-state index is 0.180. The van der Waals surface area contributed by atoms with E-state index in [-0.39, 0.29) is 11.8 Å². The molecule has 0 unspecified atom stereocenters. The van der Waals surface area contributed by atoms with Crippen molar-refractivity contribution in [2.45, 2.75) is 18.9 Å². The van der Waals surface area contributed by atoms with Gasteiger partial charge in [-0.1, -0.05) is 23.7 Å². The first-order valence-electron chi connectivity index (χ1n) is 6.48. The Hall–Kier alpha value is -1.59. The number of carbonyl (C=O) groups is 2. The van der Waals surface area contributed by atoms with E-state index in [0.717, 1.165) is 5.56 Å². The van der Waals surface area contributed by atoms with Gasteiger partial charge in [-0.05, 0) is 24.1 Å². The van der Waals surface area contributed by atoms with Crippen molar-refractivity contribution in [1.82, 2.24) is 5.32 Å². The zero-order valence-corrected chi connectivity index (χ0v) is 11.7. The first kappa shape index (κ1) is 14.8. The molecular weight excluding hydrogens is 280 g/mol. The monoisotopic (exact) mass is 296 g/mol. The summed E-state index contributed by atoms with van der Waals surface area (Å²) < 4.78 is 5.16. The summed E-state index contributed by atoms with van der Waals surface area (Å²) in [4.78, 5) is 23.5. The molecule has 2 amide bonds. The molecule has 0 aliphatic carbocycles. The molecule has 0 radical (unpaired) electrons. The Balaban J connectivity index is 1.98. The number of halogens is 1. The second-order valence-corrected chi connectivity index (χ2v) is 5.29. The molecule has 0 saturated carbocycles. The Morgan fingerprint density at radius 1 is 1.40 bits per heavy atom. The number of hydrogen-bond donors (Lipinski definition) is 2. The minimum atomic E-state index is -0.718. The third kappa shape index (κ3) is 3.95. The largest absolute Gasteiger partial charge is 0.381 e. The van der Waals surface area contributed by atoms with Crippen LogP contribution in [0.5, 0.6) is 0 Å². The van der Waals surface area contributed by atoms with Gasteiger partial charge in [0.1, 0.15) is 6.04 Å². The number of nitrogens with two attached hydrogens (primary N) is 1. The Kier molecular flexibility index (Phi) is 4.98. The van der Waals surface area contributed by atoms with Crippen LogP contribution in [-0.2, 0) is 20.7 Å². The van der Waals surface area contributed by atoms with E-state index in [9.17, 15) is 9.59 Å². The van der Waals surface area contributed by atoms with Crippen molar-refractivity contribution in [3.05, 3.63) is 34.9 Å². The predicted octanol–water partition coefficient (Wildman–Crippen LogP) is 0.889. The summed E-state index contributed by atoms with van der Waals surface area (Å²) in [5, 5.41) is 3.32. The van der Waals surface area contributed by atoms with Crippen LogP contribution in [0.25, 0.3) is 0 Å². The van der Waals surface area contributed by atoms with Gasteiger partial charge in [0.05, 0.1) is 12.5 Å². The highest BCUT2D eigenvalue weighted by Crippen LogP contribution is 2.14. The van der Waals surface area contributed by atoms with E-state index in [0.29, 0.717) is 31.1 Å². The summed E-state index contributed by atoms with van der Waals surface area (Å²) in [6.45, 7) is 0.981. The molecule has 6 heteroatoms. The summed E-state index contributed by atoms with van der Waals surface area (Å²) in [6, 6.07) is 6.37. The second-order valence-electron chi connectivity index (χ2n) is 4.85. The average Bonchev–Trinajstić information content (AvgIpc) is 2.94. The second kappa shape index (κ2) is 6.72. The van der Waals surface area contributed by atoms with Gasteiger partial charge in [-0.3, -0.25) is 9.59 Å². The molecule has 2 atom stereocenters. The van der Waals surface area contributed by atoms with Crippen molar-refractivity contribution in [2.75, 3.05) is 13.2 Å². The van der Waals surface area contributed by atoms with Crippen molar-refractivity contribution < 1.29 is 14.3 Å². The number of benzene rings is 1. The highest BCUT2D eigenvalue weighted by Gasteiger charge is 2.27. The smallest absolute Gasteiger partial charge is 0.240 e. The van der Waals surface area contributed by atoms with Crippen molar-refractivity contribution in [3.63, 3.8) is 0 Å². The zero-order chi connectivity index (χ0) is 14.5. The van der Waals surface area contributed by atoms with Gasteiger partial charge in [-0.25, -0.2) is 0 Å². The third-order valence-corrected chi connectivity index (χ3v) is 3.57. The van der Waals surface area contributed by atoms with Gasteiger partial charge >= 0.3 is 0 Å². The van der Waals surface area contributed by atoms with E-state index in [1.165, 1.54) is 0 Å². The number of primary amides is 1. The quantitative estimate of drug-likeness (QED) is 0.846. The van der Waals surface area contributed by atoms with Crippen LogP contribution >= 0.6 is 11.6 Å². The molecular formula is C14H17ClN2O3. The molecule has 1 aliphatic rings. The summed E-state index contributed by atoms with van der Waals surface area (Å²) in [6.07, 6.45) is 1.03. The third-order valence-electron chi connectivity index (χ3n) is 3.31. The van der Waals surface area contributed by atoms with Crippen LogP contribution in [0.2, 0.25) is 5.02 Å². The minimum Gasteiger partial charge on any atom is -0.381 e. The molecule has 2 rings (SSSR count). The Bertz CT molecular complexity index is 484. The molecule has 1 aromatic rings. The molecule has 0 bridgehead atoms. The maximum Gasteiger partial charge on any atom is 0.240 e. The standard InChI is InChI=1S/C14H17ClN2O3/c15-11-3-1-9(2-4-11)7-12(13(16)18)17-14(19)10-5-6-20-8-10/h1-4,10,12H,5-8H2,(H2,16,18)(H,17,19)/t10-,12+/m1/s1. The molecule has 20 heavy (non-hydrogen) atoms. The van der Waals surface area contributed by atoms with Gasteiger partial charge in [-0.15, -0.1) is 0 Å². The summed E-state index contributed by atoms with van der Waals surface area (Å²) in [5.74, 6) is -0.922. The van der Waals surface area contributed by atoms with Crippen LogP contribution in [0.4, 0.5) is 0 Å². The maximum absolute atomic E-state index is 12.0. The lowest BCUT2D eigenvalue weighted by Gasteiger charge is -2.17. The van der Waals surface area contributed by atoms with E-state index in [1.54, 1.807) is 12.1 Å². The number of hydrogen-bond acceptors (Lipinski definition) is 3. The van der Waals surface area contributed by atoms with Crippen LogP contribution in [-0.4, -0.2) is 31.1 Å². The topological polar surface area (TPSA) is 81.4 Å². The van der Waals surface area contributed by atoms with Gasteiger partial charge in [0, 0.05) is 18.1 Å². The Labute approximate surface area is 122 Å². The molecule has 1 aromatic carbocycles. The lowest BCUT2D eigenvalue weighted by Crippen LogP contribution is -2.48. The van der Waals surface area contributed by atoms with Gasteiger partial charge in [-0.2, -0.15) is 0 Å². The fourth-order valence-corrected chi connectivity index (χ4v) is 2.24. The molecule has 0 aromatic heterocycles. The van der Waals surface area contributed by atoms with Crippen LogP contribution in [0.1, 0.15) is 12.0 Å². The summed E-state index contributed by atoms with van der Waals surface area (Å²) in [5.41, 5.74) is 6.24. The molecule has 5 nitrogen and oxygen atoms in total. The van der Waals surface area contributed by atoms with E-state index < -0.39 is 11.9 Å². The Morgan fingerprint density at radius 3 is 2.65 bits per heavy atom. The number of nitrogens with one attached hydrogen (secondary N) is 1. The SMILES string of the molecule is NC(=O)[C@H](Cc1ccc(Cl)cc1)NC(=O)[C@@H]1CCOC1. The molecule has 1 aliphatic heterocycles. The van der Waals surface area contributed by atoms with Gasteiger partial charge in [0.2, 0.25) is 11.8 Å². The summed E-state index contributed by atoms with van der Waals surface area (Å²) >= 11 is 5.81. The molecule has 3 N–H and O–H groups in total. The lowest BCUT2D eigenvalue weighted by atomic mass is 10.0. The fourth-order valence-electron chi connectivity index (χ4n) is 2.11. The number of rotatable bonds is 5. The highest BCUT2D eigenvalue weighted by atomic mass is 35.5. The van der Waals surface area contributed by atoms with Crippen molar-refractivity contribution in [2.24, 2.45) is 11.7 Å². The van der Waals surface area contributed by atoms with Crippen LogP contribution in [0.15, 0.2) is 24.3 Å². The van der Waals surface area contributed by atoms with Crippen molar-refractivity contribution in [1.29, 1.82) is 0 Å². The normalized spacial score (nSPS) is 19.6. The molecule has 1 fully saturated rings. The first-order chi connectivity index (χ1) is 9.56. The fraction of sp³-hybridized carbons (Fsp3) is 0.429. The van der Waals surface area contributed by atoms with Gasteiger partial charge in [0.25, 0.3) is 0 Å². The van der Waals surface area contributed by atoms with Crippen molar-refractivity contribution >= 4 is 23.4 Å². The average molecular weight is 297 g/mol. The molecule has 1 saturated heterocycles. The number of ether oxygens (including phenoxy) is 1. The van der Waals surface area contributed by atoms with Gasteiger partial charge < -0.3 is 15.8 Å². The lowest BCUT2D eigenvalue weighted by molar-refractivity contribution is -0.129. The molecule has 108 valence electrons. The van der Waals surface area contributed by atoms with Crippen LogP contribution < -0.4 is 11.1 Å². The van der Waals surface area contributed by atoms with Crippen LogP contribution in [0, 0.1) is 5.92 Å². The van der Waals surface area contributed by atoms with E-state index in [4.69, 9.17) is 22.1 Å². The summed E-state index contributed by atoms with van der Waals surface area (Å²) in [7, 11) is 0. The van der Waals surface area contributed by atoms with Crippen LogP contribution in [0.3, 0.4) is 0 Å².